The molecule has 0 spiro atoms. The Hall–Kier alpha value is -1.34. The molecule has 0 fully saturated rings. The van der Waals surface area contributed by atoms with Gasteiger partial charge in [0.2, 0.25) is 15.9 Å². The lowest BCUT2D eigenvalue weighted by molar-refractivity contribution is 0.349. The van der Waals surface area contributed by atoms with Gasteiger partial charge in [0.15, 0.2) is 0 Å². The van der Waals surface area contributed by atoms with Gasteiger partial charge in [0.25, 0.3) is 0 Å². The van der Waals surface area contributed by atoms with Gasteiger partial charge in [0.05, 0.1) is 25.2 Å². The van der Waals surface area contributed by atoms with Gasteiger partial charge in [0, 0.05) is 12.6 Å². The quantitative estimate of drug-likeness (QED) is 0.722. The fourth-order valence-corrected chi connectivity index (χ4v) is 2.72. The lowest BCUT2D eigenvalue weighted by Gasteiger charge is -2.23. The largest absolute Gasteiger partial charge is 0.481 e. The minimum absolute atomic E-state index is 0.442. The summed E-state index contributed by atoms with van der Waals surface area (Å²) in [7, 11) is 0.230. The van der Waals surface area contributed by atoms with Crippen LogP contribution in [0.1, 0.15) is 13.3 Å². The topological polar surface area (TPSA) is 62.7 Å². The fraction of sp³-hybridized carbons (Fsp3) is 0.615. The molecule has 0 radical (unpaired) electrons. The lowest BCUT2D eigenvalue weighted by Crippen LogP contribution is -2.33. The summed E-state index contributed by atoms with van der Waals surface area (Å²) in [6.07, 6.45) is 3.49. The van der Waals surface area contributed by atoms with E-state index >= 15 is 0 Å². The number of methoxy groups -OCH3 is 1. The van der Waals surface area contributed by atoms with Gasteiger partial charge in [-0.25, -0.2) is 13.4 Å². The van der Waals surface area contributed by atoms with Crippen molar-refractivity contribution in [2.45, 2.75) is 13.3 Å². The number of sulfonamides is 1. The van der Waals surface area contributed by atoms with Crippen LogP contribution in [-0.4, -0.2) is 58.3 Å². The summed E-state index contributed by atoms with van der Waals surface area (Å²) in [5.41, 5.74) is 0.562. The normalized spacial score (nSPS) is 11.7. The Morgan fingerprint density at radius 1 is 1.30 bits per heavy atom. The highest BCUT2D eigenvalue weighted by molar-refractivity contribution is 7.92. The van der Waals surface area contributed by atoms with Crippen LogP contribution in [-0.2, 0) is 10.0 Å². The molecule has 1 aromatic heterocycles. The number of anilines is 1. The van der Waals surface area contributed by atoms with Gasteiger partial charge in [-0.15, -0.1) is 0 Å². The first kappa shape index (κ1) is 16.7. The van der Waals surface area contributed by atoms with E-state index in [1.807, 2.05) is 7.05 Å². The van der Waals surface area contributed by atoms with Crippen LogP contribution < -0.4 is 9.04 Å². The van der Waals surface area contributed by atoms with E-state index in [1.54, 1.807) is 12.1 Å². The third-order valence-electron chi connectivity index (χ3n) is 3.06. The maximum atomic E-state index is 11.9. The Bertz CT molecular complexity index is 502. The Balaban J connectivity index is 2.79. The van der Waals surface area contributed by atoms with E-state index in [-0.39, 0.29) is 0 Å². The number of ether oxygens (including phenoxy) is 1. The maximum Gasteiger partial charge on any atom is 0.232 e. The third kappa shape index (κ3) is 4.97. The van der Waals surface area contributed by atoms with Gasteiger partial charge in [-0.3, -0.25) is 4.31 Å². The summed E-state index contributed by atoms with van der Waals surface area (Å²) >= 11 is 0. The second-order valence-electron chi connectivity index (χ2n) is 4.64. The number of pyridine rings is 1. The van der Waals surface area contributed by atoms with Crippen molar-refractivity contribution in [1.82, 2.24) is 9.88 Å². The summed E-state index contributed by atoms with van der Waals surface area (Å²) in [5, 5.41) is 0. The van der Waals surface area contributed by atoms with Crippen molar-refractivity contribution in [3.05, 3.63) is 18.3 Å². The monoisotopic (exact) mass is 301 g/mol. The molecule has 0 bridgehead atoms. The van der Waals surface area contributed by atoms with Gasteiger partial charge >= 0.3 is 0 Å². The summed E-state index contributed by atoms with van der Waals surface area (Å²) in [5.74, 6) is 0.466. The zero-order valence-corrected chi connectivity index (χ0v) is 13.4. The lowest BCUT2D eigenvalue weighted by atomic mass is 10.3. The number of nitrogens with zero attached hydrogens (tertiary/aromatic N) is 3. The first-order valence-corrected chi connectivity index (χ1v) is 8.39. The van der Waals surface area contributed by atoms with Crippen LogP contribution in [0.2, 0.25) is 0 Å². The second-order valence-corrected chi connectivity index (χ2v) is 6.55. The van der Waals surface area contributed by atoms with Crippen molar-refractivity contribution in [3.63, 3.8) is 0 Å². The van der Waals surface area contributed by atoms with Crippen LogP contribution in [0.4, 0.5) is 5.69 Å². The number of rotatable bonds is 8. The molecule has 6 nitrogen and oxygen atoms in total. The van der Waals surface area contributed by atoms with Gasteiger partial charge in [0.1, 0.15) is 0 Å². The summed E-state index contributed by atoms with van der Waals surface area (Å²) in [4.78, 5) is 6.20. The van der Waals surface area contributed by atoms with E-state index in [0.29, 0.717) is 18.1 Å². The van der Waals surface area contributed by atoms with E-state index < -0.39 is 10.0 Å². The van der Waals surface area contributed by atoms with Crippen molar-refractivity contribution < 1.29 is 13.2 Å². The summed E-state index contributed by atoms with van der Waals surface area (Å²) < 4.78 is 30.1. The first-order valence-electron chi connectivity index (χ1n) is 6.54. The molecule has 0 N–H and O–H groups in total. The minimum Gasteiger partial charge on any atom is -0.481 e. The van der Waals surface area contributed by atoms with Crippen LogP contribution >= 0.6 is 0 Å². The SMILES string of the molecule is CCN(C)CCCN(c1ccc(OC)nc1)S(C)(=O)=O. The summed E-state index contributed by atoms with van der Waals surface area (Å²) in [6, 6.07) is 3.36. The second kappa shape index (κ2) is 7.44. The molecular weight excluding hydrogens is 278 g/mol. The number of aromatic nitrogens is 1. The van der Waals surface area contributed by atoms with E-state index in [4.69, 9.17) is 4.74 Å². The van der Waals surface area contributed by atoms with Crippen molar-refractivity contribution in [2.75, 3.05) is 44.4 Å². The maximum absolute atomic E-state index is 11.9. The van der Waals surface area contributed by atoms with Crippen molar-refractivity contribution in [2.24, 2.45) is 0 Å². The predicted molar refractivity (Wildman–Crippen MR) is 80.8 cm³/mol. The van der Waals surface area contributed by atoms with Crippen molar-refractivity contribution in [1.29, 1.82) is 0 Å². The van der Waals surface area contributed by atoms with Crippen LogP contribution in [0.25, 0.3) is 0 Å². The van der Waals surface area contributed by atoms with E-state index in [2.05, 4.69) is 16.8 Å². The van der Waals surface area contributed by atoms with Crippen LogP contribution in [0.3, 0.4) is 0 Å². The molecule has 0 aliphatic carbocycles. The Morgan fingerprint density at radius 3 is 2.45 bits per heavy atom. The van der Waals surface area contributed by atoms with Crippen molar-refractivity contribution >= 4 is 15.7 Å². The van der Waals surface area contributed by atoms with Crippen LogP contribution in [0.15, 0.2) is 18.3 Å². The predicted octanol–water partition coefficient (Wildman–Crippen LogP) is 1.20. The van der Waals surface area contributed by atoms with E-state index in [0.717, 1.165) is 19.5 Å². The molecule has 0 aromatic carbocycles. The molecule has 1 aromatic rings. The Morgan fingerprint density at radius 2 is 2.00 bits per heavy atom. The molecule has 0 atom stereocenters. The number of hydrogen-bond acceptors (Lipinski definition) is 5. The fourth-order valence-electron chi connectivity index (χ4n) is 1.77. The zero-order chi connectivity index (χ0) is 15.2. The molecule has 0 saturated heterocycles. The van der Waals surface area contributed by atoms with Gasteiger partial charge < -0.3 is 9.64 Å². The van der Waals surface area contributed by atoms with Gasteiger partial charge in [-0.05, 0) is 32.6 Å². The number of hydrogen-bond donors (Lipinski definition) is 0. The average Bonchev–Trinajstić information content (AvgIpc) is 2.42. The molecular formula is C13H23N3O3S. The molecule has 0 aliphatic rings. The molecule has 0 amide bonds. The third-order valence-corrected chi connectivity index (χ3v) is 4.25. The van der Waals surface area contributed by atoms with E-state index in [9.17, 15) is 8.42 Å². The van der Waals surface area contributed by atoms with Gasteiger partial charge in [-0.2, -0.15) is 0 Å². The molecule has 0 saturated carbocycles. The molecule has 0 unspecified atom stereocenters. The molecule has 0 aliphatic heterocycles. The van der Waals surface area contributed by atoms with E-state index in [1.165, 1.54) is 23.9 Å². The molecule has 1 rings (SSSR count). The highest BCUT2D eigenvalue weighted by atomic mass is 32.2. The van der Waals surface area contributed by atoms with Crippen LogP contribution in [0.5, 0.6) is 5.88 Å². The molecule has 114 valence electrons. The first-order chi connectivity index (χ1) is 9.38. The highest BCUT2D eigenvalue weighted by Crippen LogP contribution is 2.19. The summed E-state index contributed by atoms with van der Waals surface area (Å²) in [6.45, 7) is 4.31. The minimum atomic E-state index is -3.31. The molecule has 7 heteroatoms. The Labute approximate surface area is 121 Å². The molecule has 20 heavy (non-hydrogen) atoms. The zero-order valence-electron chi connectivity index (χ0n) is 12.5. The molecule has 1 heterocycles. The van der Waals surface area contributed by atoms with Crippen LogP contribution in [0, 0.1) is 0 Å². The highest BCUT2D eigenvalue weighted by Gasteiger charge is 2.17. The van der Waals surface area contributed by atoms with Gasteiger partial charge in [-0.1, -0.05) is 6.92 Å². The smallest absolute Gasteiger partial charge is 0.232 e. The Kier molecular flexibility index (Phi) is 6.22. The average molecular weight is 301 g/mol. The standard InChI is InChI=1S/C13H23N3O3S/c1-5-15(2)9-6-10-16(20(4,17)18)12-7-8-13(19-3)14-11-12/h7-8,11H,5-6,9-10H2,1-4H3. The van der Waals surface area contributed by atoms with Crippen molar-refractivity contribution in [3.8, 4) is 5.88 Å².